The second-order valence-corrected chi connectivity index (χ2v) is 4.71. The highest BCUT2D eigenvalue weighted by atomic mass is 79.9. The summed E-state index contributed by atoms with van der Waals surface area (Å²) in [5.74, 6) is 0.835. The van der Waals surface area contributed by atoms with Gasteiger partial charge in [0.25, 0.3) is 0 Å². The van der Waals surface area contributed by atoms with E-state index in [0.29, 0.717) is 13.1 Å². The van der Waals surface area contributed by atoms with Crippen molar-refractivity contribution in [1.82, 2.24) is 4.98 Å². The summed E-state index contributed by atoms with van der Waals surface area (Å²) in [5, 5.41) is 9.85. The monoisotopic (exact) mass is 302 g/mol. The van der Waals surface area contributed by atoms with Gasteiger partial charge in [0, 0.05) is 20.2 Å². The van der Waals surface area contributed by atoms with E-state index in [4.69, 9.17) is 9.47 Å². The largest absolute Gasteiger partial charge is 0.388 e. The molecular weight excluding hydrogens is 288 g/mol. The summed E-state index contributed by atoms with van der Waals surface area (Å²) in [6.45, 7) is 1.34. The van der Waals surface area contributed by atoms with Crippen LogP contribution in [0.1, 0.15) is 0 Å². The Labute approximate surface area is 108 Å². The van der Waals surface area contributed by atoms with E-state index >= 15 is 0 Å². The molecule has 1 aromatic rings. The maximum atomic E-state index is 9.85. The van der Waals surface area contributed by atoms with Crippen molar-refractivity contribution in [3.8, 4) is 0 Å². The Kier molecular flexibility index (Phi) is 4.33. The third kappa shape index (κ3) is 3.16. The van der Waals surface area contributed by atoms with Crippen LogP contribution in [-0.2, 0) is 9.47 Å². The molecule has 2 unspecified atom stereocenters. The van der Waals surface area contributed by atoms with Crippen LogP contribution in [0.2, 0.25) is 0 Å². The Morgan fingerprint density at radius 2 is 2.35 bits per heavy atom. The van der Waals surface area contributed by atoms with E-state index < -0.39 is 6.10 Å². The second-order valence-electron chi connectivity index (χ2n) is 3.90. The van der Waals surface area contributed by atoms with Crippen molar-refractivity contribution in [2.75, 3.05) is 31.9 Å². The standard InChI is InChI=1S/C11H15BrN2O3/c1-16-7-17-9-6-14(5-8(9)15)11-4-2-3-10(12)13-11/h2-4,8-9,15H,5-7H2,1H3. The minimum Gasteiger partial charge on any atom is -0.388 e. The fourth-order valence-electron chi connectivity index (χ4n) is 1.84. The van der Waals surface area contributed by atoms with E-state index in [1.807, 2.05) is 23.1 Å². The third-order valence-corrected chi connectivity index (χ3v) is 3.10. The van der Waals surface area contributed by atoms with Gasteiger partial charge >= 0.3 is 0 Å². The maximum Gasteiger partial charge on any atom is 0.146 e. The lowest BCUT2D eigenvalue weighted by Crippen LogP contribution is -2.27. The Balaban J connectivity index is 2.00. The van der Waals surface area contributed by atoms with Crippen LogP contribution in [0, 0.1) is 0 Å². The fourth-order valence-corrected chi connectivity index (χ4v) is 2.17. The van der Waals surface area contributed by atoms with Gasteiger partial charge in [-0.1, -0.05) is 6.07 Å². The number of aliphatic hydroxyl groups is 1. The SMILES string of the molecule is COCOC1CN(c2cccc(Br)n2)CC1O. The number of hydrogen-bond donors (Lipinski definition) is 1. The van der Waals surface area contributed by atoms with Crippen molar-refractivity contribution in [3.05, 3.63) is 22.8 Å². The van der Waals surface area contributed by atoms with Gasteiger partial charge in [0.15, 0.2) is 0 Å². The van der Waals surface area contributed by atoms with Gasteiger partial charge in [-0.15, -0.1) is 0 Å². The molecule has 0 saturated carbocycles. The van der Waals surface area contributed by atoms with Crippen molar-refractivity contribution in [2.24, 2.45) is 0 Å². The summed E-state index contributed by atoms with van der Waals surface area (Å²) in [7, 11) is 1.56. The summed E-state index contributed by atoms with van der Waals surface area (Å²) < 4.78 is 11.0. The molecule has 1 saturated heterocycles. The number of methoxy groups -OCH3 is 1. The molecule has 1 aliphatic rings. The molecular formula is C11H15BrN2O3. The summed E-state index contributed by atoms with van der Waals surface area (Å²) in [6, 6.07) is 5.70. The number of anilines is 1. The molecule has 2 rings (SSSR count). The first-order valence-corrected chi connectivity index (χ1v) is 6.16. The van der Waals surface area contributed by atoms with Crippen LogP contribution in [-0.4, -0.2) is 49.3 Å². The quantitative estimate of drug-likeness (QED) is 0.665. The van der Waals surface area contributed by atoms with Crippen molar-refractivity contribution >= 4 is 21.7 Å². The van der Waals surface area contributed by atoms with Gasteiger partial charge in [0.1, 0.15) is 23.3 Å². The van der Waals surface area contributed by atoms with Gasteiger partial charge in [0.2, 0.25) is 0 Å². The van der Waals surface area contributed by atoms with Gasteiger partial charge in [0.05, 0.1) is 6.10 Å². The predicted octanol–water partition coefficient (Wildman–Crippen LogP) is 1.01. The molecule has 2 atom stereocenters. The van der Waals surface area contributed by atoms with Crippen LogP contribution in [0.4, 0.5) is 5.82 Å². The number of ether oxygens (including phenoxy) is 2. The maximum absolute atomic E-state index is 9.85. The number of pyridine rings is 1. The first-order valence-electron chi connectivity index (χ1n) is 5.37. The van der Waals surface area contributed by atoms with E-state index in [9.17, 15) is 5.11 Å². The smallest absolute Gasteiger partial charge is 0.146 e. The van der Waals surface area contributed by atoms with Crippen LogP contribution in [0.15, 0.2) is 22.8 Å². The predicted molar refractivity (Wildman–Crippen MR) is 66.9 cm³/mol. The normalized spacial score (nSPS) is 24.3. The zero-order valence-electron chi connectivity index (χ0n) is 9.54. The Bertz CT molecular complexity index is 377. The van der Waals surface area contributed by atoms with E-state index in [1.165, 1.54) is 0 Å². The molecule has 0 aliphatic carbocycles. The summed E-state index contributed by atoms with van der Waals surface area (Å²) in [6.07, 6.45) is -0.735. The molecule has 0 spiro atoms. The second kappa shape index (κ2) is 5.77. The Morgan fingerprint density at radius 1 is 1.53 bits per heavy atom. The van der Waals surface area contributed by atoms with Gasteiger partial charge in [-0.2, -0.15) is 0 Å². The van der Waals surface area contributed by atoms with E-state index in [1.54, 1.807) is 7.11 Å². The van der Waals surface area contributed by atoms with Gasteiger partial charge in [-0.3, -0.25) is 0 Å². The zero-order valence-corrected chi connectivity index (χ0v) is 11.1. The van der Waals surface area contributed by atoms with Crippen LogP contribution >= 0.6 is 15.9 Å². The van der Waals surface area contributed by atoms with Crippen LogP contribution in [0.5, 0.6) is 0 Å². The minimum absolute atomic E-state index is 0.196. The number of rotatable bonds is 4. The molecule has 94 valence electrons. The number of hydrogen-bond acceptors (Lipinski definition) is 5. The first-order chi connectivity index (χ1) is 8.20. The Hall–Kier alpha value is -0.690. The van der Waals surface area contributed by atoms with Gasteiger partial charge in [-0.05, 0) is 28.1 Å². The molecule has 17 heavy (non-hydrogen) atoms. The van der Waals surface area contributed by atoms with E-state index in [2.05, 4.69) is 20.9 Å². The Morgan fingerprint density at radius 3 is 3.06 bits per heavy atom. The van der Waals surface area contributed by atoms with Gasteiger partial charge in [-0.25, -0.2) is 4.98 Å². The molecule has 1 aromatic heterocycles. The average molecular weight is 303 g/mol. The number of aromatic nitrogens is 1. The number of aliphatic hydroxyl groups excluding tert-OH is 1. The average Bonchev–Trinajstić information content (AvgIpc) is 2.68. The van der Waals surface area contributed by atoms with E-state index in [-0.39, 0.29) is 12.9 Å². The molecule has 6 heteroatoms. The fraction of sp³-hybridized carbons (Fsp3) is 0.545. The first kappa shape index (κ1) is 12.8. The molecule has 0 bridgehead atoms. The summed E-state index contributed by atoms with van der Waals surface area (Å²) in [5.41, 5.74) is 0. The highest BCUT2D eigenvalue weighted by Gasteiger charge is 2.32. The third-order valence-electron chi connectivity index (χ3n) is 2.66. The topological polar surface area (TPSA) is 54.8 Å². The molecule has 1 aliphatic heterocycles. The van der Waals surface area contributed by atoms with Crippen molar-refractivity contribution in [1.29, 1.82) is 0 Å². The van der Waals surface area contributed by atoms with Crippen molar-refractivity contribution in [3.63, 3.8) is 0 Å². The molecule has 0 amide bonds. The van der Waals surface area contributed by atoms with E-state index in [0.717, 1.165) is 10.4 Å². The van der Waals surface area contributed by atoms with Crippen molar-refractivity contribution in [2.45, 2.75) is 12.2 Å². The minimum atomic E-state index is -0.508. The summed E-state index contributed by atoms with van der Waals surface area (Å²) >= 11 is 3.33. The number of halogens is 1. The van der Waals surface area contributed by atoms with Crippen LogP contribution < -0.4 is 4.90 Å². The highest BCUT2D eigenvalue weighted by Crippen LogP contribution is 2.21. The summed E-state index contributed by atoms with van der Waals surface area (Å²) in [4.78, 5) is 6.34. The molecule has 1 fully saturated rings. The zero-order chi connectivity index (χ0) is 12.3. The van der Waals surface area contributed by atoms with Crippen LogP contribution in [0.3, 0.4) is 0 Å². The lowest BCUT2D eigenvalue weighted by molar-refractivity contribution is -0.0946. The molecule has 2 heterocycles. The molecule has 1 N–H and O–H groups in total. The van der Waals surface area contributed by atoms with Crippen LogP contribution in [0.25, 0.3) is 0 Å². The lowest BCUT2D eigenvalue weighted by atomic mass is 10.3. The molecule has 5 nitrogen and oxygen atoms in total. The van der Waals surface area contributed by atoms with Gasteiger partial charge < -0.3 is 19.5 Å². The number of nitrogens with zero attached hydrogens (tertiary/aromatic N) is 2. The lowest BCUT2D eigenvalue weighted by Gasteiger charge is -2.17. The molecule has 0 aromatic carbocycles. The number of β-amino-alcohol motifs (C(OH)–C–C–N with tert-alkyl or cyclic N) is 1. The van der Waals surface area contributed by atoms with Crippen molar-refractivity contribution < 1.29 is 14.6 Å². The molecule has 0 radical (unpaired) electrons. The highest BCUT2D eigenvalue weighted by molar-refractivity contribution is 9.10.